The van der Waals surface area contributed by atoms with Crippen molar-refractivity contribution in [1.82, 2.24) is 14.7 Å². The van der Waals surface area contributed by atoms with Crippen LogP contribution in [0.25, 0.3) is 0 Å². The van der Waals surface area contributed by atoms with Crippen molar-refractivity contribution in [2.75, 3.05) is 38.5 Å². The van der Waals surface area contributed by atoms with Crippen LogP contribution in [-0.2, 0) is 21.9 Å². The van der Waals surface area contributed by atoms with Gasteiger partial charge in [-0.25, -0.2) is 4.79 Å². The molecule has 0 aromatic heterocycles. The topological polar surface area (TPSA) is 73.0 Å². The molecule has 1 N–H and O–H groups in total. The molecule has 4 amide bonds. The molecular formula is C29H30Cl2F6N4O3. The van der Waals surface area contributed by atoms with Crippen molar-refractivity contribution in [3.8, 4) is 0 Å². The molecule has 0 radical (unpaired) electrons. The Morgan fingerprint density at radius 1 is 0.841 bits per heavy atom. The highest BCUT2D eigenvalue weighted by Gasteiger charge is 2.40. The van der Waals surface area contributed by atoms with Gasteiger partial charge in [0.25, 0.3) is 0 Å². The van der Waals surface area contributed by atoms with Crippen LogP contribution in [0, 0.1) is 5.92 Å². The zero-order valence-corrected chi connectivity index (χ0v) is 25.2. The number of rotatable bonds is 4. The number of alkyl halides is 6. The average molecular weight is 667 g/mol. The number of nitrogens with zero attached hydrogens (tertiary/aromatic N) is 3. The molecule has 0 spiro atoms. The van der Waals surface area contributed by atoms with Gasteiger partial charge in [0.15, 0.2) is 0 Å². The Bertz CT molecular complexity index is 1380. The number of urea groups is 1. The first kappa shape index (κ1) is 33.7. The van der Waals surface area contributed by atoms with Crippen molar-refractivity contribution in [1.29, 1.82) is 0 Å². The van der Waals surface area contributed by atoms with Crippen molar-refractivity contribution >= 4 is 46.7 Å². The Morgan fingerprint density at radius 3 is 1.93 bits per heavy atom. The first-order valence-corrected chi connectivity index (χ1v) is 14.5. The van der Waals surface area contributed by atoms with Crippen LogP contribution in [0.1, 0.15) is 48.8 Å². The summed E-state index contributed by atoms with van der Waals surface area (Å²) in [5, 5.41) is 2.70. The number of amides is 4. The summed E-state index contributed by atoms with van der Waals surface area (Å²) in [6.07, 6.45) is -8.87. The number of carbonyl (C=O) groups excluding carboxylic acids is 3. The molecule has 4 rings (SSSR count). The predicted octanol–water partition coefficient (Wildman–Crippen LogP) is 7.14. The summed E-state index contributed by atoms with van der Waals surface area (Å²) in [6.45, 7) is 2.84. The molecule has 2 aromatic rings. The average Bonchev–Trinajstić information content (AvgIpc) is 2.96. The summed E-state index contributed by atoms with van der Waals surface area (Å²) in [6, 6.07) is 4.19. The Balaban J connectivity index is 1.57. The largest absolute Gasteiger partial charge is 0.416 e. The van der Waals surface area contributed by atoms with Crippen LogP contribution in [-0.4, -0.2) is 71.8 Å². The van der Waals surface area contributed by atoms with Crippen LogP contribution in [0.5, 0.6) is 0 Å². The highest BCUT2D eigenvalue weighted by atomic mass is 35.5. The van der Waals surface area contributed by atoms with Gasteiger partial charge in [-0.1, -0.05) is 29.3 Å². The van der Waals surface area contributed by atoms with Gasteiger partial charge in [-0.05, 0) is 55.2 Å². The van der Waals surface area contributed by atoms with Gasteiger partial charge in [0.05, 0.1) is 21.2 Å². The van der Waals surface area contributed by atoms with Crippen molar-refractivity contribution < 1.29 is 40.7 Å². The van der Waals surface area contributed by atoms with Gasteiger partial charge < -0.3 is 20.0 Å². The number of anilines is 1. The van der Waals surface area contributed by atoms with E-state index in [-0.39, 0.29) is 53.4 Å². The first-order chi connectivity index (χ1) is 20.5. The van der Waals surface area contributed by atoms with Crippen LogP contribution in [0.4, 0.5) is 36.8 Å². The molecule has 7 nitrogen and oxygen atoms in total. The number of likely N-dealkylation sites (N-methyl/N-ethyl adjacent to an activating group) is 1. The smallest absolute Gasteiger partial charge is 0.343 e. The van der Waals surface area contributed by atoms with Gasteiger partial charge in [-0.15, -0.1) is 0 Å². The van der Waals surface area contributed by atoms with Crippen LogP contribution in [0.15, 0.2) is 36.4 Å². The Labute approximate surface area is 260 Å². The summed E-state index contributed by atoms with van der Waals surface area (Å²) in [5.41, 5.74) is -3.13. The molecule has 2 aromatic carbocycles. The van der Waals surface area contributed by atoms with E-state index in [1.54, 1.807) is 28.0 Å². The van der Waals surface area contributed by atoms with Gasteiger partial charge in [0, 0.05) is 63.7 Å². The van der Waals surface area contributed by atoms with Crippen molar-refractivity contribution in [3.05, 3.63) is 63.1 Å². The summed E-state index contributed by atoms with van der Waals surface area (Å²) in [5.74, 6) is -0.950. The molecule has 2 unspecified atom stereocenters. The molecule has 0 bridgehead atoms. The van der Waals surface area contributed by atoms with Gasteiger partial charge in [0.1, 0.15) is 0 Å². The summed E-state index contributed by atoms with van der Waals surface area (Å²) in [4.78, 5) is 43.1. The maximum atomic E-state index is 13.5. The van der Waals surface area contributed by atoms with Crippen molar-refractivity contribution in [2.24, 2.45) is 5.92 Å². The second-order valence-corrected chi connectivity index (χ2v) is 11.9. The van der Waals surface area contributed by atoms with Crippen LogP contribution < -0.4 is 5.32 Å². The van der Waals surface area contributed by atoms with Gasteiger partial charge >= 0.3 is 18.4 Å². The number of piperidine rings is 2. The molecule has 0 aliphatic carbocycles. The third-order valence-corrected chi connectivity index (χ3v) is 8.95. The summed E-state index contributed by atoms with van der Waals surface area (Å²) in [7, 11) is 1.39. The fraction of sp³-hybridized carbons (Fsp3) is 0.483. The zero-order chi connectivity index (χ0) is 32.6. The normalized spacial score (nSPS) is 20.0. The lowest BCUT2D eigenvalue weighted by atomic mass is 9.84. The Hall–Kier alpha value is -3.19. The van der Waals surface area contributed by atoms with Gasteiger partial charge in [-0.3, -0.25) is 9.59 Å². The lowest BCUT2D eigenvalue weighted by Gasteiger charge is -2.44. The lowest BCUT2D eigenvalue weighted by molar-refractivity contribution is -0.143. The molecule has 2 aliphatic heterocycles. The molecule has 2 atom stereocenters. The van der Waals surface area contributed by atoms with E-state index in [2.05, 4.69) is 5.32 Å². The highest BCUT2D eigenvalue weighted by molar-refractivity contribution is 6.42. The van der Waals surface area contributed by atoms with E-state index in [4.69, 9.17) is 23.2 Å². The molecule has 0 saturated carbocycles. The van der Waals surface area contributed by atoms with Crippen LogP contribution >= 0.6 is 23.2 Å². The van der Waals surface area contributed by atoms with Gasteiger partial charge in [-0.2, -0.15) is 26.3 Å². The number of benzene rings is 2. The highest BCUT2D eigenvalue weighted by Crippen LogP contribution is 2.39. The maximum Gasteiger partial charge on any atom is 0.416 e. The minimum absolute atomic E-state index is 0.0175. The van der Waals surface area contributed by atoms with Crippen molar-refractivity contribution in [3.63, 3.8) is 0 Å². The number of nitrogens with one attached hydrogen (secondary N) is 1. The third kappa shape index (κ3) is 7.71. The zero-order valence-electron chi connectivity index (χ0n) is 23.7. The van der Waals surface area contributed by atoms with E-state index < -0.39 is 47.2 Å². The molecule has 15 heteroatoms. The second kappa shape index (κ2) is 13.0. The third-order valence-electron chi connectivity index (χ3n) is 8.21. The van der Waals surface area contributed by atoms with E-state index in [1.807, 2.05) is 0 Å². The molecule has 2 aliphatic rings. The quantitative estimate of drug-likeness (QED) is 0.353. The van der Waals surface area contributed by atoms with E-state index in [0.29, 0.717) is 43.6 Å². The van der Waals surface area contributed by atoms with E-state index in [9.17, 15) is 40.7 Å². The minimum Gasteiger partial charge on any atom is -0.343 e. The number of carbonyl (C=O) groups is 3. The Morgan fingerprint density at radius 2 is 1.41 bits per heavy atom. The lowest BCUT2D eigenvalue weighted by Crippen LogP contribution is -2.54. The molecule has 2 fully saturated rings. The van der Waals surface area contributed by atoms with Crippen molar-refractivity contribution in [2.45, 2.75) is 50.5 Å². The summed E-state index contributed by atoms with van der Waals surface area (Å²) >= 11 is 12.4. The standard InChI is InChI=1S/C29H30Cl2F6N4O3/c1-16(42)40-8-5-17(6-9-40)26(43)41-10-7-25(22(15-41)18-3-4-23(30)24(31)11-18)39(2)27(44)38-21-13-19(28(32,33)34)12-20(14-21)29(35,36)37/h3-4,11-14,17,22,25H,5-10,15H2,1-2H3,(H,38,44). The van der Waals surface area contributed by atoms with E-state index in [0.717, 1.165) is 0 Å². The molecule has 2 heterocycles. The predicted molar refractivity (Wildman–Crippen MR) is 152 cm³/mol. The van der Waals surface area contributed by atoms with Gasteiger partial charge in [0.2, 0.25) is 11.8 Å². The van der Waals surface area contributed by atoms with Crippen LogP contribution in [0.3, 0.4) is 0 Å². The maximum absolute atomic E-state index is 13.5. The SMILES string of the molecule is CC(=O)N1CCC(C(=O)N2CCC(N(C)C(=O)Nc3cc(C(F)(F)F)cc(C(F)(F)F)c3)C(c3ccc(Cl)c(Cl)c3)C2)CC1. The van der Waals surface area contributed by atoms with Crippen LogP contribution in [0.2, 0.25) is 10.0 Å². The monoisotopic (exact) mass is 666 g/mol. The van der Waals surface area contributed by atoms with E-state index >= 15 is 0 Å². The second-order valence-electron chi connectivity index (χ2n) is 11.0. The molecular weight excluding hydrogens is 637 g/mol. The summed E-state index contributed by atoms with van der Waals surface area (Å²) < 4.78 is 80.1. The number of hydrogen-bond acceptors (Lipinski definition) is 3. The fourth-order valence-corrected chi connectivity index (χ4v) is 6.07. The molecule has 2 saturated heterocycles. The Kier molecular flexibility index (Phi) is 9.99. The minimum atomic E-state index is -5.08. The molecule has 44 heavy (non-hydrogen) atoms. The van der Waals surface area contributed by atoms with E-state index in [1.165, 1.54) is 18.9 Å². The number of likely N-dealkylation sites (tertiary alicyclic amines) is 2. The number of halogens is 8. The molecule has 240 valence electrons. The number of hydrogen-bond donors (Lipinski definition) is 1. The first-order valence-electron chi connectivity index (χ1n) is 13.8. The fourth-order valence-electron chi connectivity index (χ4n) is 5.76.